The number of nitro benzene ring substituents is 1. The van der Waals surface area contributed by atoms with Crippen molar-refractivity contribution < 1.29 is 13.9 Å². The average Bonchev–Trinajstić information content (AvgIpc) is 3.12. The second-order valence-corrected chi connectivity index (χ2v) is 5.84. The Hall–Kier alpha value is -3.88. The first-order valence-corrected chi connectivity index (χ1v) is 7.93. The van der Waals surface area contributed by atoms with Gasteiger partial charge in [0.05, 0.1) is 16.3 Å². The molecule has 4 aromatic rings. The molecule has 0 saturated heterocycles. The number of nitrogens with zero attached hydrogens (tertiary/aromatic N) is 4. The molecule has 27 heavy (non-hydrogen) atoms. The molecular formula is C18H12FN5O3. The van der Waals surface area contributed by atoms with E-state index in [1.54, 1.807) is 25.1 Å². The number of benzene rings is 2. The van der Waals surface area contributed by atoms with Gasteiger partial charge in [0.15, 0.2) is 5.52 Å². The highest BCUT2D eigenvalue weighted by Crippen LogP contribution is 2.31. The van der Waals surface area contributed by atoms with Gasteiger partial charge in [-0.25, -0.2) is 14.0 Å². The number of aryl methyl sites for hydroxylation is 1. The molecule has 134 valence electrons. The number of hydrogen-bond acceptors (Lipinski definition) is 7. The van der Waals surface area contributed by atoms with Crippen LogP contribution >= 0.6 is 0 Å². The standard InChI is InChI=1S/C18H12FN5O3/c1-10-9-11(19)5-6-12(10)13-3-2-4-16(20-13)21-14-7-8-15(24(25)26)18-17(14)22-27-23-18/h2-9H,1H3,(H,20,21). The third-order valence-corrected chi connectivity index (χ3v) is 4.07. The number of halogens is 1. The molecule has 0 aliphatic carbocycles. The van der Waals surface area contributed by atoms with E-state index in [4.69, 9.17) is 0 Å². The van der Waals surface area contributed by atoms with Crippen LogP contribution in [0, 0.1) is 22.9 Å². The molecule has 0 radical (unpaired) electrons. The highest BCUT2D eigenvalue weighted by Gasteiger charge is 2.19. The first-order valence-electron chi connectivity index (χ1n) is 7.93. The smallest absolute Gasteiger partial charge is 0.300 e. The molecule has 4 rings (SSSR count). The zero-order valence-electron chi connectivity index (χ0n) is 14.0. The monoisotopic (exact) mass is 365 g/mol. The molecular weight excluding hydrogens is 353 g/mol. The van der Waals surface area contributed by atoms with Gasteiger partial charge in [-0.1, -0.05) is 6.07 Å². The summed E-state index contributed by atoms with van der Waals surface area (Å²) in [7, 11) is 0. The Kier molecular flexibility index (Phi) is 3.96. The number of non-ortho nitro benzene ring substituents is 1. The van der Waals surface area contributed by atoms with Crippen molar-refractivity contribution in [3.05, 3.63) is 70.0 Å². The molecule has 2 aromatic carbocycles. The van der Waals surface area contributed by atoms with Gasteiger partial charge in [0, 0.05) is 11.6 Å². The van der Waals surface area contributed by atoms with E-state index in [9.17, 15) is 14.5 Å². The number of anilines is 2. The maximum absolute atomic E-state index is 13.3. The summed E-state index contributed by atoms with van der Waals surface area (Å²) >= 11 is 0. The summed E-state index contributed by atoms with van der Waals surface area (Å²) in [6.07, 6.45) is 0. The van der Waals surface area contributed by atoms with Crippen molar-refractivity contribution in [3.63, 3.8) is 0 Å². The lowest BCUT2D eigenvalue weighted by Crippen LogP contribution is -1.98. The second-order valence-electron chi connectivity index (χ2n) is 5.84. The molecule has 2 aromatic heterocycles. The minimum atomic E-state index is -0.549. The summed E-state index contributed by atoms with van der Waals surface area (Å²) in [6.45, 7) is 1.81. The Balaban J connectivity index is 1.72. The lowest BCUT2D eigenvalue weighted by molar-refractivity contribution is -0.383. The van der Waals surface area contributed by atoms with E-state index in [0.29, 0.717) is 17.2 Å². The van der Waals surface area contributed by atoms with E-state index in [-0.39, 0.29) is 22.5 Å². The Labute approximate surface area is 151 Å². The average molecular weight is 365 g/mol. The van der Waals surface area contributed by atoms with Crippen LogP contribution in [0.3, 0.4) is 0 Å². The van der Waals surface area contributed by atoms with E-state index >= 15 is 0 Å². The van der Waals surface area contributed by atoms with Crippen LogP contribution in [-0.4, -0.2) is 20.2 Å². The lowest BCUT2D eigenvalue weighted by atomic mass is 10.1. The number of fused-ring (bicyclic) bond motifs is 1. The maximum Gasteiger partial charge on any atom is 0.300 e. The summed E-state index contributed by atoms with van der Waals surface area (Å²) in [5, 5.41) is 21.5. The Morgan fingerprint density at radius 3 is 2.70 bits per heavy atom. The summed E-state index contributed by atoms with van der Waals surface area (Å²) < 4.78 is 18.0. The van der Waals surface area contributed by atoms with Gasteiger partial charge in [-0.15, -0.1) is 0 Å². The van der Waals surface area contributed by atoms with Crippen LogP contribution in [0.5, 0.6) is 0 Å². The topological polar surface area (TPSA) is 107 Å². The van der Waals surface area contributed by atoms with Gasteiger partial charge in [0.2, 0.25) is 5.52 Å². The van der Waals surface area contributed by atoms with E-state index in [1.165, 1.54) is 24.3 Å². The van der Waals surface area contributed by atoms with E-state index in [1.807, 2.05) is 6.07 Å². The van der Waals surface area contributed by atoms with Crippen molar-refractivity contribution in [3.8, 4) is 11.3 Å². The molecule has 9 heteroatoms. The highest BCUT2D eigenvalue weighted by atomic mass is 19.1. The molecule has 0 bridgehead atoms. The zero-order chi connectivity index (χ0) is 19.0. The van der Waals surface area contributed by atoms with Crippen LogP contribution in [0.2, 0.25) is 0 Å². The van der Waals surface area contributed by atoms with Crippen molar-refractivity contribution in [1.82, 2.24) is 15.3 Å². The molecule has 0 amide bonds. The van der Waals surface area contributed by atoms with E-state index in [2.05, 4.69) is 25.2 Å². The van der Waals surface area contributed by atoms with Crippen molar-refractivity contribution in [2.45, 2.75) is 6.92 Å². The van der Waals surface area contributed by atoms with Crippen LogP contribution in [0.1, 0.15) is 5.56 Å². The van der Waals surface area contributed by atoms with Crippen molar-refractivity contribution in [2.24, 2.45) is 0 Å². The highest BCUT2D eigenvalue weighted by molar-refractivity contribution is 5.94. The maximum atomic E-state index is 13.3. The van der Waals surface area contributed by atoms with Gasteiger partial charge in [-0.05, 0) is 59.2 Å². The lowest BCUT2D eigenvalue weighted by Gasteiger charge is -2.09. The number of aromatic nitrogens is 3. The predicted molar refractivity (Wildman–Crippen MR) is 96.1 cm³/mol. The van der Waals surface area contributed by atoms with Crippen LogP contribution in [0.25, 0.3) is 22.3 Å². The van der Waals surface area contributed by atoms with Gasteiger partial charge in [0.1, 0.15) is 11.6 Å². The molecule has 0 unspecified atom stereocenters. The van der Waals surface area contributed by atoms with Crippen LogP contribution in [0.4, 0.5) is 21.6 Å². The number of nitro groups is 1. The molecule has 1 N–H and O–H groups in total. The molecule has 8 nitrogen and oxygen atoms in total. The zero-order valence-corrected chi connectivity index (χ0v) is 14.0. The van der Waals surface area contributed by atoms with Gasteiger partial charge >= 0.3 is 5.69 Å². The van der Waals surface area contributed by atoms with Crippen LogP contribution in [0.15, 0.2) is 53.2 Å². The Bertz CT molecular complexity index is 1170. The summed E-state index contributed by atoms with van der Waals surface area (Å²) in [4.78, 5) is 15.1. The molecule has 0 spiro atoms. The minimum Gasteiger partial charge on any atom is -0.338 e. The third-order valence-electron chi connectivity index (χ3n) is 4.07. The number of hydrogen-bond donors (Lipinski definition) is 1. The summed E-state index contributed by atoms with van der Waals surface area (Å²) in [5.74, 6) is 0.187. The molecule has 2 heterocycles. The fourth-order valence-electron chi connectivity index (χ4n) is 2.81. The SMILES string of the molecule is Cc1cc(F)ccc1-c1cccc(Nc2ccc([N+](=O)[O-])c3nonc23)n1. The number of nitrogens with one attached hydrogen (secondary N) is 1. The Morgan fingerprint density at radius 1 is 1.11 bits per heavy atom. The largest absolute Gasteiger partial charge is 0.338 e. The number of rotatable bonds is 4. The van der Waals surface area contributed by atoms with Crippen molar-refractivity contribution in [2.75, 3.05) is 5.32 Å². The van der Waals surface area contributed by atoms with Gasteiger partial charge in [-0.3, -0.25) is 10.1 Å². The second kappa shape index (κ2) is 6.45. The van der Waals surface area contributed by atoms with Crippen LogP contribution < -0.4 is 5.32 Å². The fraction of sp³-hybridized carbons (Fsp3) is 0.0556. The van der Waals surface area contributed by atoms with Crippen molar-refractivity contribution >= 4 is 28.2 Å². The Morgan fingerprint density at radius 2 is 1.93 bits per heavy atom. The van der Waals surface area contributed by atoms with Gasteiger partial charge in [0.25, 0.3) is 0 Å². The fourth-order valence-corrected chi connectivity index (χ4v) is 2.81. The van der Waals surface area contributed by atoms with Crippen molar-refractivity contribution in [1.29, 1.82) is 0 Å². The minimum absolute atomic E-state index is 0.0514. The molecule has 0 fully saturated rings. The quantitative estimate of drug-likeness (QED) is 0.422. The summed E-state index contributed by atoms with van der Waals surface area (Å²) in [6, 6.07) is 12.7. The first kappa shape index (κ1) is 16.6. The van der Waals surface area contributed by atoms with Gasteiger partial charge in [-0.2, -0.15) is 0 Å². The first-order chi connectivity index (χ1) is 13.0. The van der Waals surface area contributed by atoms with E-state index in [0.717, 1.165) is 11.1 Å². The molecule has 0 atom stereocenters. The predicted octanol–water partition coefficient (Wildman–Crippen LogP) is 4.38. The normalized spacial score (nSPS) is 10.9. The third kappa shape index (κ3) is 3.06. The number of pyridine rings is 1. The molecule has 0 aliphatic heterocycles. The molecule has 0 aliphatic rings. The van der Waals surface area contributed by atoms with Gasteiger partial charge < -0.3 is 5.32 Å². The van der Waals surface area contributed by atoms with E-state index < -0.39 is 4.92 Å². The molecule has 0 saturated carbocycles. The van der Waals surface area contributed by atoms with Crippen LogP contribution in [-0.2, 0) is 0 Å². The summed E-state index contributed by atoms with van der Waals surface area (Å²) in [5.41, 5.74) is 2.78.